The molecule has 0 radical (unpaired) electrons. The summed E-state index contributed by atoms with van der Waals surface area (Å²) in [5.74, 6) is 0.320. The monoisotopic (exact) mass is 408 g/mol. The molecule has 1 N–H and O–H groups in total. The van der Waals surface area contributed by atoms with Gasteiger partial charge in [0.15, 0.2) is 22.9 Å². The molecular formula is C23H24N2O5. The number of benzene rings is 2. The molecule has 0 spiro atoms. The van der Waals surface area contributed by atoms with Gasteiger partial charge in [-0.1, -0.05) is 24.6 Å². The van der Waals surface area contributed by atoms with Crippen molar-refractivity contribution in [3.05, 3.63) is 53.6 Å². The van der Waals surface area contributed by atoms with Gasteiger partial charge in [-0.3, -0.25) is 19.4 Å². The second-order valence-electron chi connectivity index (χ2n) is 8.10. The molecule has 0 aliphatic carbocycles. The third-order valence-corrected chi connectivity index (χ3v) is 6.14. The number of rotatable bonds is 5. The van der Waals surface area contributed by atoms with Crippen molar-refractivity contribution in [2.45, 2.75) is 31.3 Å². The molecule has 156 valence electrons. The highest BCUT2D eigenvalue weighted by Gasteiger charge is 2.51. The van der Waals surface area contributed by atoms with Gasteiger partial charge in [-0.2, -0.15) is 0 Å². The Labute approximate surface area is 174 Å². The molecule has 1 saturated heterocycles. The normalized spacial score (nSPS) is 23.0. The lowest BCUT2D eigenvalue weighted by molar-refractivity contribution is -0.136. The van der Waals surface area contributed by atoms with Gasteiger partial charge in [-0.25, -0.2) is 0 Å². The van der Waals surface area contributed by atoms with Crippen LogP contribution < -0.4 is 14.4 Å². The van der Waals surface area contributed by atoms with Gasteiger partial charge in [0.05, 0.1) is 18.8 Å². The number of ether oxygens (including phenoxy) is 2. The van der Waals surface area contributed by atoms with Crippen LogP contribution in [-0.2, 0) is 10.4 Å². The van der Waals surface area contributed by atoms with Crippen LogP contribution in [0.15, 0.2) is 42.5 Å². The van der Waals surface area contributed by atoms with E-state index >= 15 is 0 Å². The van der Waals surface area contributed by atoms with Crippen LogP contribution in [0.3, 0.4) is 0 Å². The zero-order chi connectivity index (χ0) is 20.7. The first-order valence-corrected chi connectivity index (χ1v) is 10.4. The van der Waals surface area contributed by atoms with Gasteiger partial charge in [0.2, 0.25) is 6.79 Å². The lowest BCUT2D eigenvalue weighted by atomic mass is 9.88. The number of anilines is 1. The number of carbonyl (C=O) groups is 2. The third-order valence-electron chi connectivity index (χ3n) is 6.14. The maximum Gasteiger partial charge on any atom is 0.265 e. The molecular weight excluding hydrogens is 384 g/mol. The Morgan fingerprint density at radius 2 is 1.80 bits per heavy atom. The van der Waals surface area contributed by atoms with Crippen LogP contribution in [0.2, 0.25) is 0 Å². The highest BCUT2D eigenvalue weighted by Crippen LogP contribution is 2.43. The van der Waals surface area contributed by atoms with Crippen molar-refractivity contribution in [3.8, 4) is 11.5 Å². The van der Waals surface area contributed by atoms with E-state index in [1.807, 2.05) is 12.1 Å². The first-order valence-electron chi connectivity index (χ1n) is 10.4. The van der Waals surface area contributed by atoms with Crippen LogP contribution in [-0.4, -0.2) is 48.2 Å². The number of hydrogen-bond acceptors (Lipinski definition) is 6. The summed E-state index contributed by atoms with van der Waals surface area (Å²) in [6, 6.07) is 12.1. The van der Waals surface area contributed by atoms with E-state index < -0.39 is 11.5 Å². The Hall–Kier alpha value is -2.90. The zero-order valence-corrected chi connectivity index (χ0v) is 16.7. The fourth-order valence-electron chi connectivity index (χ4n) is 4.52. The van der Waals surface area contributed by atoms with Crippen LogP contribution >= 0.6 is 0 Å². The van der Waals surface area contributed by atoms with Crippen LogP contribution in [0.1, 0.15) is 41.6 Å². The van der Waals surface area contributed by atoms with E-state index in [1.165, 1.54) is 6.42 Å². The standard InChI is InChI=1S/C23H24N2O5/c26-19(16-8-9-20-21(12-16)30-15-29-20)13-23(28)17-6-2-3-7-18(17)25(22(23)27)14-24-10-4-1-5-11-24/h2-3,6-9,12,28H,1,4-5,10-11,13-15H2/t23-/m0/s1. The van der Waals surface area contributed by atoms with Gasteiger partial charge in [-0.05, 0) is 50.2 Å². The van der Waals surface area contributed by atoms with E-state index in [0.717, 1.165) is 25.9 Å². The van der Waals surface area contributed by atoms with E-state index in [1.54, 1.807) is 35.2 Å². The van der Waals surface area contributed by atoms with Crippen LogP contribution in [0.5, 0.6) is 11.5 Å². The van der Waals surface area contributed by atoms with Gasteiger partial charge in [0, 0.05) is 11.1 Å². The lowest BCUT2D eigenvalue weighted by Gasteiger charge is -2.31. The topological polar surface area (TPSA) is 79.3 Å². The zero-order valence-electron chi connectivity index (χ0n) is 16.7. The Bertz CT molecular complexity index is 1000. The lowest BCUT2D eigenvalue weighted by Crippen LogP contribution is -2.47. The molecule has 0 saturated carbocycles. The van der Waals surface area contributed by atoms with Crippen molar-refractivity contribution in [1.82, 2.24) is 4.90 Å². The molecule has 1 atom stereocenters. The Morgan fingerprint density at radius 1 is 1.03 bits per heavy atom. The SMILES string of the molecule is O=C(C[C@@]1(O)C(=O)N(CN2CCCCC2)c2ccccc21)c1ccc2c(c1)OCO2. The third kappa shape index (κ3) is 3.14. The number of amides is 1. The molecule has 3 heterocycles. The summed E-state index contributed by atoms with van der Waals surface area (Å²) >= 11 is 0. The summed E-state index contributed by atoms with van der Waals surface area (Å²) in [6.45, 7) is 2.41. The molecule has 30 heavy (non-hydrogen) atoms. The number of ketones is 1. The van der Waals surface area contributed by atoms with E-state index in [4.69, 9.17) is 9.47 Å². The second-order valence-corrected chi connectivity index (χ2v) is 8.10. The molecule has 7 nitrogen and oxygen atoms in total. The minimum Gasteiger partial charge on any atom is -0.454 e. The molecule has 3 aliphatic heterocycles. The molecule has 3 aliphatic rings. The number of aliphatic hydroxyl groups is 1. The van der Waals surface area contributed by atoms with Crippen molar-refractivity contribution >= 4 is 17.4 Å². The smallest absolute Gasteiger partial charge is 0.265 e. The van der Waals surface area contributed by atoms with Crippen molar-refractivity contribution in [2.75, 3.05) is 31.5 Å². The average molecular weight is 408 g/mol. The Kier molecular flexibility index (Phi) is 4.72. The van der Waals surface area contributed by atoms with Crippen LogP contribution in [0.4, 0.5) is 5.69 Å². The van der Waals surface area contributed by atoms with Gasteiger partial charge in [0.25, 0.3) is 5.91 Å². The molecule has 0 aromatic heterocycles. The van der Waals surface area contributed by atoms with Gasteiger partial charge in [-0.15, -0.1) is 0 Å². The molecule has 2 aromatic rings. The minimum atomic E-state index is -1.88. The highest BCUT2D eigenvalue weighted by atomic mass is 16.7. The predicted octanol–water partition coefficient (Wildman–Crippen LogP) is 2.67. The fraction of sp³-hybridized carbons (Fsp3) is 0.391. The number of carbonyl (C=O) groups excluding carboxylic acids is 2. The summed E-state index contributed by atoms with van der Waals surface area (Å²) in [5, 5.41) is 11.5. The van der Waals surface area contributed by atoms with Crippen molar-refractivity contribution in [3.63, 3.8) is 0 Å². The van der Waals surface area contributed by atoms with E-state index in [2.05, 4.69) is 4.90 Å². The summed E-state index contributed by atoms with van der Waals surface area (Å²) in [4.78, 5) is 30.2. The Morgan fingerprint density at radius 3 is 2.63 bits per heavy atom. The molecule has 2 aromatic carbocycles. The maximum atomic E-state index is 13.4. The number of fused-ring (bicyclic) bond motifs is 2. The first-order chi connectivity index (χ1) is 14.6. The number of hydrogen-bond donors (Lipinski definition) is 1. The highest BCUT2D eigenvalue weighted by molar-refractivity contribution is 6.10. The van der Waals surface area contributed by atoms with Gasteiger partial charge >= 0.3 is 0 Å². The number of Topliss-reactive ketones (excluding diaryl/α,β-unsaturated/α-hetero) is 1. The van der Waals surface area contributed by atoms with Crippen LogP contribution in [0.25, 0.3) is 0 Å². The van der Waals surface area contributed by atoms with Crippen LogP contribution in [0, 0.1) is 0 Å². The number of nitrogens with zero attached hydrogens (tertiary/aromatic N) is 2. The van der Waals surface area contributed by atoms with Gasteiger partial charge < -0.3 is 14.6 Å². The summed E-state index contributed by atoms with van der Waals surface area (Å²) in [5.41, 5.74) is -0.331. The fourth-order valence-corrected chi connectivity index (χ4v) is 4.52. The van der Waals surface area contributed by atoms with E-state index in [-0.39, 0.29) is 19.0 Å². The van der Waals surface area contributed by atoms with Crippen molar-refractivity contribution in [1.29, 1.82) is 0 Å². The van der Waals surface area contributed by atoms with E-state index in [0.29, 0.717) is 35.0 Å². The molecule has 1 amide bonds. The van der Waals surface area contributed by atoms with E-state index in [9.17, 15) is 14.7 Å². The largest absolute Gasteiger partial charge is 0.454 e. The number of likely N-dealkylation sites (tertiary alicyclic amines) is 1. The molecule has 0 unspecified atom stereocenters. The average Bonchev–Trinajstić information content (AvgIpc) is 3.32. The molecule has 7 heteroatoms. The predicted molar refractivity (Wildman–Crippen MR) is 110 cm³/mol. The van der Waals surface area contributed by atoms with Gasteiger partial charge in [0.1, 0.15) is 0 Å². The minimum absolute atomic E-state index is 0.119. The maximum absolute atomic E-state index is 13.4. The molecule has 0 bridgehead atoms. The van der Waals surface area contributed by atoms with Crippen molar-refractivity contribution < 1.29 is 24.2 Å². The quantitative estimate of drug-likeness (QED) is 0.767. The molecule has 5 rings (SSSR count). The van der Waals surface area contributed by atoms with Crippen molar-refractivity contribution in [2.24, 2.45) is 0 Å². The Balaban J connectivity index is 1.42. The summed E-state index contributed by atoms with van der Waals surface area (Å²) in [7, 11) is 0. The second kappa shape index (κ2) is 7.41. The molecule has 1 fully saturated rings. The first kappa shape index (κ1) is 19.1. The number of para-hydroxylation sites is 1. The number of piperidine rings is 1. The summed E-state index contributed by atoms with van der Waals surface area (Å²) in [6.07, 6.45) is 3.10. The summed E-state index contributed by atoms with van der Waals surface area (Å²) < 4.78 is 10.6.